The molecule has 6 nitrogen and oxygen atoms in total. The van der Waals surface area contributed by atoms with E-state index in [1.807, 2.05) is 24.3 Å². The Hall–Kier alpha value is -2.86. The van der Waals surface area contributed by atoms with Gasteiger partial charge < -0.3 is 14.6 Å². The van der Waals surface area contributed by atoms with Crippen LogP contribution in [0.3, 0.4) is 0 Å². The highest BCUT2D eigenvalue weighted by Gasteiger charge is 2.29. The molecule has 31 heavy (non-hydrogen) atoms. The van der Waals surface area contributed by atoms with Crippen LogP contribution in [0.15, 0.2) is 59.0 Å². The maximum absolute atomic E-state index is 12.8. The normalized spacial score (nSPS) is 19.0. The van der Waals surface area contributed by atoms with Crippen molar-refractivity contribution in [2.75, 3.05) is 31.1 Å². The number of rotatable bonds is 5. The summed E-state index contributed by atoms with van der Waals surface area (Å²) in [5, 5.41) is 3.33. The Bertz CT molecular complexity index is 970. The lowest BCUT2D eigenvalue weighted by Crippen LogP contribution is -2.48. The predicted octanol–water partition coefficient (Wildman–Crippen LogP) is 3.83. The van der Waals surface area contributed by atoms with E-state index in [4.69, 9.17) is 4.42 Å². The Morgan fingerprint density at radius 3 is 2.39 bits per heavy atom. The second-order valence-electron chi connectivity index (χ2n) is 8.77. The number of nitrogens with one attached hydrogen (secondary N) is 1. The quantitative estimate of drug-likeness (QED) is 0.682. The molecule has 0 atom stereocenters. The summed E-state index contributed by atoms with van der Waals surface area (Å²) in [6.45, 7) is 4.68. The highest BCUT2D eigenvalue weighted by atomic mass is 16.4. The molecule has 0 aliphatic carbocycles. The first-order chi connectivity index (χ1) is 15.2. The fraction of sp³-hybridized carbons (Fsp3) is 0.440. The van der Waals surface area contributed by atoms with E-state index in [1.54, 1.807) is 0 Å². The summed E-state index contributed by atoms with van der Waals surface area (Å²) in [4.78, 5) is 22.1. The van der Waals surface area contributed by atoms with Gasteiger partial charge in [0.1, 0.15) is 5.52 Å². The van der Waals surface area contributed by atoms with Gasteiger partial charge in [-0.2, -0.15) is 4.98 Å². The number of carbonyl (C=O) groups excluding carboxylic acids is 1. The lowest BCUT2D eigenvalue weighted by Gasteiger charge is -2.34. The molecule has 0 radical (unpaired) electrons. The van der Waals surface area contributed by atoms with E-state index in [-0.39, 0.29) is 11.8 Å². The molecule has 2 fully saturated rings. The fourth-order valence-electron chi connectivity index (χ4n) is 4.72. The van der Waals surface area contributed by atoms with Crippen molar-refractivity contribution in [3.63, 3.8) is 0 Å². The molecule has 5 rings (SSSR count). The first-order valence-electron chi connectivity index (χ1n) is 11.4. The summed E-state index contributed by atoms with van der Waals surface area (Å²) in [6.07, 6.45) is 3.75. The molecule has 2 aliphatic heterocycles. The third-order valence-corrected chi connectivity index (χ3v) is 6.60. The Balaban J connectivity index is 1.07. The van der Waals surface area contributed by atoms with Crippen molar-refractivity contribution in [3.8, 4) is 0 Å². The summed E-state index contributed by atoms with van der Waals surface area (Å²) >= 11 is 0. The zero-order chi connectivity index (χ0) is 21.0. The number of hydrogen-bond acceptors (Lipinski definition) is 5. The number of hydrogen-bond donors (Lipinski definition) is 1. The highest BCUT2D eigenvalue weighted by Crippen LogP contribution is 2.26. The summed E-state index contributed by atoms with van der Waals surface area (Å²) in [6, 6.07) is 19.4. The van der Waals surface area contributed by atoms with E-state index in [0.29, 0.717) is 12.1 Å². The van der Waals surface area contributed by atoms with Crippen LogP contribution in [0.4, 0.5) is 6.01 Å². The van der Waals surface area contributed by atoms with E-state index in [1.165, 1.54) is 5.56 Å². The van der Waals surface area contributed by atoms with E-state index < -0.39 is 0 Å². The SMILES string of the molecule is O=C(NC1CCN(Cc2ccccc2)CC1)C1CCN(c2nc3ccccc3o2)CC1. The lowest BCUT2D eigenvalue weighted by molar-refractivity contribution is -0.126. The van der Waals surface area contributed by atoms with E-state index in [2.05, 4.69) is 50.4 Å². The lowest BCUT2D eigenvalue weighted by atomic mass is 9.95. The molecule has 3 aromatic rings. The summed E-state index contributed by atoms with van der Waals surface area (Å²) in [5.41, 5.74) is 3.06. The van der Waals surface area contributed by atoms with Gasteiger partial charge in [-0.25, -0.2) is 0 Å². The third-order valence-electron chi connectivity index (χ3n) is 6.60. The van der Waals surface area contributed by atoms with Gasteiger partial charge in [0, 0.05) is 44.7 Å². The van der Waals surface area contributed by atoms with Crippen LogP contribution in [0.5, 0.6) is 0 Å². The average molecular weight is 419 g/mol. The summed E-state index contributed by atoms with van der Waals surface area (Å²) in [7, 11) is 0. The molecule has 162 valence electrons. The molecule has 0 unspecified atom stereocenters. The van der Waals surface area contributed by atoms with Crippen LogP contribution in [-0.4, -0.2) is 48.0 Å². The molecule has 1 aromatic heterocycles. The molecule has 3 heterocycles. The van der Waals surface area contributed by atoms with Gasteiger partial charge in [-0.3, -0.25) is 9.69 Å². The topological polar surface area (TPSA) is 61.6 Å². The van der Waals surface area contributed by atoms with E-state index in [9.17, 15) is 4.79 Å². The van der Waals surface area contributed by atoms with Gasteiger partial charge in [0.15, 0.2) is 5.58 Å². The number of piperidine rings is 2. The van der Waals surface area contributed by atoms with Crippen molar-refractivity contribution < 1.29 is 9.21 Å². The molecule has 1 N–H and O–H groups in total. The number of fused-ring (bicyclic) bond motifs is 1. The van der Waals surface area contributed by atoms with Gasteiger partial charge in [0.05, 0.1) is 0 Å². The number of aromatic nitrogens is 1. The maximum Gasteiger partial charge on any atom is 0.298 e. The van der Waals surface area contributed by atoms with Gasteiger partial charge in [0.2, 0.25) is 5.91 Å². The number of oxazole rings is 1. The van der Waals surface area contributed by atoms with Crippen LogP contribution in [0.1, 0.15) is 31.2 Å². The van der Waals surface area contributed by atoms with Crippen LogP contribution >= 0.6 is 0 Å². The molecule has 1 amide bonds. The number of nitrogens with zero attached hydrogens (tertiary/aromatic N) is 3. The molecule has 2 aliphatic rings. The first kappa shape index (κ1) is 20.1. The Morgan fingerprint density at radius 1 is 0.935 bits per heavy atom. The molecular formula is C25H30N4O2. The average Bonchev–Trinajstić information content (AvgIpc) is 3.25. The van der Waals surface area contributed by atoms with E-state index >= 15 is 0 Å². The second-order valence-corrected chi connectivity index (χ2v) is 8.77. The minimum atomic E-state index is 0.0861. The van der Waals surface area contributed by atoms with Crippen molar-refractivity contribution in [2.45, 2.75) is 38.3 Å². The molecule has 2 aromatic carbocycles. The van der Waals surface area contributed by atoms with Crippen LogP contribution in [0, 0.1) is 5.92 Å². The van der Waals surface area contributed by atoms with Crippen molar-refractivity contribution in [3.05, 3.63) is 60.2 Å². The minimum absolute atomic E-state index is 0.0861. The number of anilines is 1. The molecular weight excluding hydrogens is 388 g/mol. The van der Waals surface area contributed by atoms with Crippen LogP contribution in [0.25, 0.3) is 11.1 Å². The smallest absolute Gasteiger partial charge is 0.298 e. The van der Waals surface area contributed by atoms with Crippen LogP contribution in [-0.2, 0) is 11.3 Å². The van der Waals surface area contributed by atoms with Crippen LogP contribution < -0.4 is 10.2 Å². The van der Waals surface area contributed by atoms with Gasteiger partial charge in [-0.1, -0.05) is 42.5 Å². The second kappa shape index (κ2) is 9.10. The minimum Gasteiger partial charge on any atom is -0.423 e. The van der Waals surface area contributed by atoms with Gasteiger partial charge in [0.25, 0.3) is 6.01 Å². The van der Waals surface area contributed by atoms with Crippen molar-refractivity contribution in [2.24, 2.45) is 5.92 Å². The number of carbonyl (C=O) groups is 1. The molecule has 0 saturated carbocycles. The van der Waals surface area contributed by atoms with Crippen LogP contribution in [0.2, 0.25) is 0 Å². The largest absolute Gasteiger partial charge is 0.423 e. The Kier molecular flexibility index (Phi) is 5.89. The van der Waals surface area contributed by atoms with Crippen molar-refractivity contribution >= 4 is 23.0 Å². The highest BCUT2D eigenvalue weighted by molar-refractivity contribution is 5.79. The zero-order valence-electron chi connectivity index (χ0n) is 17.9. The monoisotopic (exact) mass is 418 g/mol. The van der Waals surface area contributed by atoms with Crippen molar-refractivity contribution in [1.82, 2.24) is 15.2 Å². The number of amides is 1. The first-order valence-corrected chi connectivity index (χ1v) is 11.4. The molecule has 2 saturated heterocycles. The van der Waals surface area contributed by atoms with Gasteiger partial charge in [-0.05, 0) is 43.4 Å². The molecule has 6 heteroatoms. The number of likely N-dealkylation sites (tertiary alicyclic amines) is 1. The summed E-state index contributed by atoms with van der Waals surface area (Å²) in [5.74, 6) is 0.307. The number of benzene rings is 2. The summed E-state index contributed by atoms with van der Waals surface area (Å²) < 4.78 is 5.89. The molecule has 0 bridgehead atoms. The maximum atomic E-state index is 12.8. The Labute approximate surface area is 183 Å². The molecule has 0 spiro atoms. The van der Waals surface area contributed by atoms with Gasteiger partial charge >= 0.3 is 0 Å². The van der Waals surface area contributed by atoms with E-state index in [0.717, 1.165) is 69.5 Å². The number of para-hydroxylation sites is 2. The standard InChI is InChI=1S/C25H30N4O2/c30-24(26-21-12-14-28(15-13-21)18-19-6-2-1-3-7-19)20-10-16-29(17-11-20)25-27-22-8-4-5-9-23(22)31-25/h1-9,20-21H,10-18H2,(H,26,30). The Morgan fingerprint density at radius 2 is 1.65 bits per heavy atom. The zero-order valence-corrected chi connectivity index (χ0v) is 17.9. The van der Waals surface area contributed by atoms with Gasteiger partial charge in [-0.15, -0.1) is 0 Å². The predicted molar refractivity (Wildman–Crippen MR) is 122 cm³/mol. The fourth-order valence-corrected chi connectivity index (χ4v) is 4.72. The van der Waals surface area contributed by atoms with Crippen molar-refractivity contribution in [1.29, 1.82) is 0 Å². The third kappa shape index (κ3) is 4.74.